The van der Waals surface area contributed by atoms with Gasteiger partial charge in [0.1, 0.15) is 24.0 Å². The van der Waals surface area contributed by atoms with Gasteiger partial charge in [-0.05, 0) is 92.1 Å². The summed E-state index contributed by atoms with van der Waals surface area (Å²) >= 11 is 11.5. The fraction of sp³-hybridized carbons (Fsp3) is 0.0435. The third-order valence-corrected chi connectivity index (χ3v) is 5.87. The first-order valence-corrected chi connectivity index (χ1v) is 11.1. The van der Waals surface area contributed by atoms with Crippen molar-refractivity contribution in [1.29, 1.82) is 5.26 Å². The second-order valence-corrected chi connectivity index (χ2v) is 8.66. The topological polar surface area (TPSA) is 62.1 Å². The van der Waals surface area contributed by atoms with Gasteiger partial charge in [0.25, 0.3) is 5.91 Å². The number of nitrogens with zero attached hydrogens (tertiary/aromatic N) is 1. The molecule has 1 amide bonds. The van der Waals surface area contributed by atoms with Crippen molar-refractivity contribution in [1.82, 2.24) is 0 Å². The zero-order valence-electron chi connectivity index (χ0n) is 15.5. The van der Waals surface area contributed by atoms with E-state index in [-0.39, 0.29) is 5.57 Å². The molecule has 0 fully saturated rings. The number of nitrogens with one attached hydrogen (secondary N) is 1. The van der Waals surface area contributed by atoms with Gasteiger partial charge in [-0.25, -0.2) is 0 Å². The fourth-order valence-corrected chi connectivity index (χ4v) is 3.69. The van der Waals surface area contributed by atoms with Crippen LogP contribution >= 0.6 is 50.1 Å². The molecule has 7 heteroatoms. The van der Waals surface area contributed by atoms with Crippen LogP contribution in [0.2, 0.25) is 5.02 Å². The van der Waals surface area contributed by atoms with Crippen molar-refractivity contribution >= 4 is 67.8 Å². The predicted octanol–water partition coefficient (Wildman–Crippen LogP) is 6.83. The Bertz CT molecular complexity index is 1140. The van der Waals surface area contributed by atoms with E-state index in [9.17, 15) is 10.1 Å². The fourth-order valence-electron chi connectivity index (χ4n) is 2.53. The van der Waals surface area contributed by atoms with Crippen LogP contribution in [0.25, 0.3) is 6.08 Å². The Morgan fingerprint density at radius 1 is 1.17 bits per heavy atom. The minimum absolute atomic E-state index is 0.0105. The second kappa shape index (κ2) is 10.6. The van der Waals surface area contributed by atoms with Crippen molar-refractivity contribution in [2.24, 2.45) is 0 Å². The number of benzene rings is 3. The maximum Gasteiger partial charge on any atom is 0.266 e. The van der Waals surface area contributed by atoms with Gasteiger partial charge in [0, 0.05) is 8.59 Å². The van der Waals surface area contributed by atoms with Gasteiger partial charge in [-0.1, -0.05) is 41.9 Å². The monoisotopic (exact) mass is 592 g/mol. The summed E-state index contributed by atoms with van der Waals surface area (Å²) in [6.07, 6.45) is 1.54. The first kappa shape index (κ1) is 22.3. The highest BCUT2D eigenvalue weighted by Gasteiger charge is 2.12. The highest BCUT2D eigenvalue weighted by Crippen LogP contribution is 2.28. The number of anilines is 1. The van der Waals surface area contributed by atoms with Crippen molar-refractivity contribution in [2.45, 2.75) is 6.61 Å². The molecule has 0 atom stereocenters. The van der Waals surface area contributed by atoms with Crippen LogP contribution in [0.1, 0.15) is 11.1 Å². The molecule has 0 heterocycles. The maximum atomic E-state index is 12.5. The Kier molecular flexibility index (Phi) is 7.91. The normalized spacial score (nSPS) is 10.9. The number of carbonyl (C=O) groups is 1. The van der Waals surface area contributed by atoms with Crippen molar-refractivity contribution < 1.29 is 9.53 Å². The van der Waals surface area contributed by atoms with E-state index in [1.54, 1.807) is 30.3 Å². The number of carbonyl (C=O) groups excluding carboxylic acids is 1. The molecule has 0 aliphatic carbocycles. The summed E-state index contributed by atoms with van der Waals surface area (Å²) in [6, 6.07) is 22.2. The molecule has 0 bridgehead atoms. The van der Waals surface area contributed by atoms with Crippen molar-refractivity contribution in [3.63, 3.8) is 0 Å². The molecule has 0 saturated heterocycles. The molecule has 3 aromatic carbocycles. The Morgan fingerprint density at radius 3 is 2.57 bits per heavy atom. The van der Waals surface area contributed by atoms with Gasteiger partial charge in [-0.3, -0.25) is 4.79 Å². The van der Waals surface area contributed by atoms with E-state index in [0.717, 1.165) is 13.6 Å². The molecule has 0 radical (unpaired) electrons. The SMILES string of the molecule is N#CC(=Cc1ccc(OCc2ccc(Cl)cc2)c(Br)c1)C(=O)Nc1ccccc1I. The van der Waals surface area contributed by atoms with Crippen LogP contribution in [0, 0.1) is 14.9 Å². The van der Waals surface area contributed by atoms with Crippen LogP contribution in [0.15, 0.2) is 76.8 Å². The number of para-hydroxylation sites is 1. The van der Waals surface area contributed by atoms with E-state index in [1.807, 2.05) is 48.5 Å². The highest BCUT2D eigenvalue weighted by atomic mass is 127. The summed E-state index contributed by atoms with van der Waals surface area (Å²) in [4.78, 5) is 12.5. The zero-order chi connectivity index (χ0) is 21.5. The molecule has 0 aliphatic heterocycles. The first-order valence-electron chi connectivity index (χ1n) is 8.81. The second-order valence-electron chi connectivity index (χ2n) is 6.21. The summed E-state index contributed by atoms with van der Waals surface area (Å²) < 4.78 is 7.45. The van der Waals surface area contributed by atoms with Gasteiger partial charge < -0.3 is 10.1 Å². The number of halogens is 3. The maximum absolute atomic E-state index is 12.5. The smallest absolute Gasteiger partial charge is 0.266 e. The number of nitriles is 1. The largest absolute Gasteiger partial charge is 0.488 e. The molecule has 3 rings (SSSR count). The highest BCUT2D eigenvalue weighted by molar-refractivity contribution is 14.1. The van der Waals surface area contributed by atoms with Gasteiger partial charge in [0.05, 0.1) is 10.2 Å². The van der Waals surface area contributed by atoms with Crippen LogP contribution in [-0.4, -0.2) is 5.91 Å². The molecule has 0 spiro atoms. The summed E-state index contributed by atoms with van der Waals surface area (Å²) in [5.41, 5.74) is 2.37. The van der Waals surface area contributed by atoms with E-state index in [0.29, 0.717) is 28.6 Å². The van der Waals surface area contributed by atoms with E-state index in [1.165, 1.54) is 0 Å². The molecule has 3 aromatic rings. The van der Waals surface area contributed by atoms with Crippen LogP contribution in [-0.2, 0) is 11.4 Å². The molecule has 4 nitrogen and oxygen atoms in total. The summed E-state index contributed by atoms with van der Waals surface area (Å²) in [5, 5.41) is 12.9. The molecule has 0 aliphatic rings. The first-order chi connectivity index (χ1) is 14.5. The van der Waals surface area contributed by atoms with E-state index < -0.39 is 5.91 Å². The minimum Gasteiger partial charge on any atom is -0.488 e. The lowest BCUT2D eigenvalue weighted by Crippen LogP contribution is -2.14. The van der Waals surface area contributed by atoms with Crippen molar-refractivity contribution in [3.8, 4) is 11.8 Å². The third kappa shape index (κ3) is 6.08. The Balaban J connectivity index is 1.71. The van der Waals surface area contributed by atoms with Gasteiger partial charge in [0.2, 0.25) is 0 Å². The molecular weight excluding hydrogens is 579 g/mol. The zero-order valence-corrected chi connectivity index (χ0v) is 20.0. The number of rotatable bonds is 6. The molecular formula is C23H15BrClIN2O2. The number of hydrogen-bond donors (Lipinski definition) is 1. The molecule has 150 valence electrons. The summed E-state index contributed by atoms with van der Waals surface area (Å²) in [6.45, 7) is 0.395. The van der Waals surface area contributed by atoms with E-state index >= 15 is 0 Å². The molecule has 1 N–H and O–H groups in total. The Hall–Kier alpha value is -2.34. The van der Waals surface area contributed by atoms with Crippen LogP contribution in [0.5, 0.6) is 5.75 Å². The lowest BCUT2D eigenvalue weighted by Gasteiger charge is -2.10. The van der Waals surface area contributed by atoms with Gasteiger partial charge in [-0.15, -0.1) is 0 Å². The Morgan fingerprint density at radius 2 is 1.90 bits per heavy atom. The van der Waals surface area contributed by atoms with Gasteiger partial charge in [0.15, 0.2) is 0 Å². The van der Waals surface area contributed by atoms with Gasteiger partial charge in [-0.2, -0.15) is 5.26 Å². The van der Waals surface area contributed by atoms with Crippen molar-refractivity contribution in [3.05, 3.63) is 96.5 Å². The quantitative estimate of drug-likeness (QED) is 0.194. The molecule has 0 saturated carbocycles. The lowest BCUT2D eigenvalue weighted by molar-refractivity contribution is -0.112. The molecule has 0 aromatic heterocycles. The van der Waals surface area contributed by atoms with Gasteiger partial charge >= 0.3 is 0 Å². The summed E-state index contributed by atoms with van der Waals surface area (Å²) in [7, 11) is 0. The third-order valence-electron chi connectivity index (χ3n) is 4.06. The molecule has 30 heavy (non-hydrogen) atoms. The standard InChI is InChI=1S/C23H15BrClIN2O2/c24-19-12-16(7-10-22(19)30-14-15-5-8-18(25)9-6-15)11-17(13-27)23(29)28-21-4-2-1-3-20(21)26/h1-12H,14H2,(H,28,29). The molecule has 0 unspecified atom stereocenters. The average Bonchev–Trinajstić information content (AvgIpc) is 2.74. The number of ether oxygens (including phenoxy) is 1. The van der Waals surface area contributed by atoms with E-state index in [4.69, 9.17) is 16.3 Å². The average molecular weight is 594 g/mol. The number of amides is 1. The minimum atomic E-state index is -0.458. The predicted molar refractivity (Wildman–Crippen MR) is 131 cm³/mol. The van der Waals surface area contributed by atoms with Crippen LogP contribution in [0.3, 0.4) is 0 Å². The number of hydrogen-bond acceptors (Lipinski definition) is 3. The van der Waals surface area contributed by atoms with Crippen molar-refractivity contribution in [2.75, 3.05) is 5.32 Å². The Labute approximate surface area is 201 Å². The van der Waals surface area contributed by atoms with Crippen LogP contribution < -0.4 is 10.1 Å². The lowest BCUT2D eigenvalue weighted by atomic mass is 10.1. The van der Waals surface area contributed by atoms with Crippen LogP contribution in [0.4, 0.5) is 5.69 Å². The summed E-state index contributed by atoms with van der Waals surface area (Å²) in [5.74, 6) is 0.199. The van der Waals surface area contributed by atoms with E-state index in [2.05, 4.69) is 43.8 Å².